The maximum absolute atomic E-state index is 12.6. The van der Waals surface area contributed by atoms with Crippen LogP contribution in [0.4, 0.5) is 0 Å². The topological polar surface area (TPSA) is 52.8 Å². The Morgan fingerprint density at radius 2 is 2.07 bits per heavy atom. The van der Waals surface area contributed by atoms with E-state index in [0.717, 1.165) is 31.6 Å². The Labute approximate surface area is 176 Å². The number of rotatable bonds is 7. The highest BCUT2D eigenvalue weighted by Crippen LogP contribution is 2.22. The Hall–Kier alpha value is -1.96. The van der Waals surface area contributed by atoms with Gasteiger partial charge in [-0.1, -0.05) is 39.4 Å². The van der Waals surface area contributed by atoms with E-state index < -0.39 is 0 Å². The number of amides is 1. The van der Waals surface area contributed by atoms with Crippen LogP contribution in [-0.2, 0) is 22.5 Å². The first-order chi connectivity index (χ1) is 13.5. The van der Waals surface area contributed by atoms with E-state index in [4.69, 9.17) is 9.47 Å². The van der Waals surface area contributed by atoms with Gasteiger partial charge in [0.05, 0.1) is 30.4 Å². The van der Waals surface area contributed by atoms with Crippen molar-refractivity contribution in [1.29, 1.82) is 0 Å². The monoisotopic (exact) mass is 462 g/mol. The van der Waals surface area contributed by atoms with Crippen molar-refractivity contribution >= 4 is 43.4 Å². The number of aryl methyl sites for hydroxylation is 1. The van der Waals surface area contributed by atoms with Crippen LogP contribution in [0, 0.1) is 6.92 Å². The summed E-state index contributed by atoms with van der Waals surface area (Å²) in [6, 6.07) is 11.8. The van der Waals surface area contributed by atoms with Crippen LogP contribution in [0.25, 0.3) is 10.2 Å². The van der Waals surface area contributed by atoms with E-state index in [-0.39, 0.29) is 12.3 Å². The molecule has 1 amide bonds. The number of fused-ring (bicyclic) bond motifs is 1. The Bertz CT molecular complexity index is 1060. The second kappa shape index (κ2) is 9.49. The lowest BCUT2D eigenvalue weighted by Crippen LogP contribution is -2.20. The van der Waals surface area contributed by atoms with Gasteiger partial charge in [-0.25, -0.2) is 0 Å². The zero-order valence-electron chi connectivity index (χ0n) is 16.2. The zero-order valence-corrected chi connectivity index (χ0v) is 18.6. The molecule has 1 aromatic heterocycles. The van der Waals surface area contributed by atoms with Crippen LogP contribution in [0.2, 0.25) is 0 Å². The maximum atomic E-state index is 12.6. The molecular weight excluding hydrogens is 440 g/mol. The van der Waals surface area contributed by atoms with Crippen molar-refractivity contribution in [3.05, 3.63) is 56.8 Å². The molecule has 0 aliphatic carbocycles. The number of halogens is 1. The van der Waals surface area contributed by atoms with Gasteiger partial charge in [-0.15, -0.1) is 0 Å². The van der Waals surface area contributed by atoms with Crippen molar-refractivity contribution in [2.45, 2.75) is 26.8 Å². The maximum Gasteiger partial charge on any atom is 0.252 e. The second-order valence-electron chi connectivity index (χ2n) is 6.33. The van der Waals surface area contributed by atoms with Crippen LogP contribution in [0.15, 0.2) is 45.9 Å². The van der Waals surface area contributed by atoms with E-state index in [2.05, 4.69) is 25.5 Å². The number of nitrogens with zero attached hydrogens (tertiary/aromatic N) is 2. The Balaban J connectivity index is 1.91. The van der Waals surface area contributed by atoms with Gasteiger partial charge in [0.1, 0.15) is 5.75 Å². The molecule has 5 nitrogen and oxygen atoms in total. The Morgan fingerprint density at radius 1 is 1.25 bits per heavy atom. The molecule has 0 atom stereocenters. The molecule has 0 aliphatic rings. The molecule has 7 heteroatoms. The van der Waals surface area contributed by atoms with Gasteiger partial charge in [-0.05, 0) is 49.2 Å². The van der Waals surface area contributed by atoms with Crippen LogP contribution in [0.5, 0.6) is 5.75 Å². The number of ether oxygens (including phenoxy) is 2. The van der Waals surface area contributed by atoms with Crippen LogP contribution in [0.1, 0.15) is 18.1 Å². The molecule has 0 spiro atoms. The van der Waals surface area contributed by atoms with Gasteiger partial charge < -0.3 is 14.0 Å². The van der Waals surface area contributed by atoms with E-state index in [0.29, 0.717) is 24.6 Å². The van der Waals surface area contributed by atoms with Crippen LogP contribution < -0.4 is 9.54 Å². The van der Waals surface area contributed by atoms with E-state index >= 15 is 0 Å². The number of hydrogen-bond donors (Lipinski definition) is 0. The molecule has 28 heavy (non-hydrogen) atoms. The zero-order chi connectivity index (χ0) is 20.1. The SMILES string of the molecule is CCOCCn1c(=NC(=O)Cc2ccc(OC)c(C)c2)sc2cc(Br)ccc21. The van der Waals surface area contributed by atoms with E-state index in [1.807, 2.05) is 50.2 Å². The lowest BCUT2D eigenvalue weighted by atomic mass is 10.1. The average molecular weight is 463 g/mol. The number of carbonyl (C=O) groups is 1. The lowest BCUT2D eigenvalue weighted by molar-refractivity contribution is -0.117. The second-order valence-corrected chi connectivity index (χ2v) is 8.26. The fourth-order valence-corrected chi connectivity index (χ4v) is 4.65. The molecule has 0 aliphatic heterocycles. The molecule has 0 bridgehead atoms. The smallest absolute Gasteiger partial charge is 0.252 e. The Kier molecular flexibility index (Phi) is 7.04. The van der Waals surface area contributed by atoms with Crippen molar-refractivity contribution in [3.63, 3.8) is 0 Å². The molecule has 0 unspecified atom stereocenters. The quantitative estimate of drug-likeness (QED) is 0.486. The third-order valence-electron chi connectivity index (χ3n) is 4.34. The van der Waals surface area contributed by atoms with Gasteiger partial charge in [0, 0.05) is 17.6 Å². The lowest BCUT2D eigenvalue weighted by Gasteiger charge is -2.06. The van der Waals surface area contributed by atoms with Gasteiger partial charge in [0.15, 0.2) is 4.80 Å². The summed E-state index contributed by atoms with van der Waals surface area (Å²) in [7, 11) is 1.64. The molecule has 3 aromatic rings. The first-order valence-corrected chi connectivity index (χ1v) is 10.7. The standard InChI is InChI=1S/C21H23BrN2O3S/c1-4-27-10-9-24-17-7-6-16(22)13-19(17)28-21(24)23-20(25)12-15-5-8-18(26-3)14(2)11-15/h5-8,11,13H,4,9-10,12H2,1-3H3. The highest BCUT2D eigenvalue weighted by molar-refractivity contribution is 9.10. The minimum Gasteiger partial charge on any atom is -0.496 e. The molecule has 0 N–H and O–H groups in total. The number of hydrogen-bond acceptors (Lipinski definition) is 4. The van der Waals surface area contributed by atoms with Crippen molar-refractivity contribution in [1.82, 2.24) is 4.57 Å². The number of benzene rings is 2. The normalized spacial score (nSPS) is 11.9. The van der Waals surface area contributed by atoms with Crippen molar-refractivity contribution in [3.8, 4) is 5.75 Å². The van der Waals surface area contributed by atoms with Crippen LogP contribution in [-0.4, -0.2) is 30.8 Å². The van der Waals surface area contributed by atoms with Gasteiger partial charge in [-0.2, -0.15) is 4.99 Å². The first kappa shape index (κ1) is 20.8. The summed E-state index contributed by atoms with van der Waals surface area (Å²) in [4.78, 5) is 17.7. The summed E-state index contributed by atoms with van der Waals surface area (Å²) in [6.45, 7) is 5.84. The summed E-state index contributed by atoms with van der Waals surface area (Å²) in [5, 5.41) is 0. The molecule has 0 fully saturated rings. The fourth-order valence-electron chi connectivity index (χ4n) is 3.02. The van der Waals surface area contributed by atoms with Gasteiger partial charge >= 0.3 is 0 Å². The number of aromatic nitrogens is 1. The van der Waals surface area contributed by atoms with E-state index in [1.165, 1.54) is 11.3 Å². The molecule has 2 aromatic carbocycles. The molecular formula is C21H23BrN2O3S. The minimum atomic E-state index is -0.166. The van der Waals surface area contributed by atoms with Gasteiger partial charge in [-0.3, -0.25) is 4.79 Å². The third-order valence-corrected chi connectivity index (χ3v) is 5.88. The first-order valence-electron chi connectivity index (χ1n) is 9.09. The predicted molar refractivity (Wildman–Crippen MR) is 116 cm³/mol. The van der Waals surface area contributed by atoms with Crippen LogP contribution >= 0.6 is 27.3 Å². The van der Waals surface area contributed by atoms with Crippen molar-refractivity contribution in [2.24, 2.45) is 4.99 Å². The highest BCUT2D eigenvalue weighted by atomic mass is 79.9. The molecule has 0 radical (unpaired) electrons. The fraction of sp³-hybridized carbons (Fsp3) is 0.333. The number of thiazole rings is 1. The largest absolute Gasteiger partial charge is 0.496 e. The molecule has 0 saturated heterocycles. The minimum absolute atomic E-state index is 0.166. The molecule has 1 heterocycles. The van der Waals surface area contributed by atoms with Crippen molar-refractivity contribution in [2.75, 3.05) is 20.3 Å². The van der Waals surface area contributed by atoms with E-state index in [9.17, 15) is 4.79 Å². The van der Waals surface area contributed by atoms with Gasteiger partial charge in [0.2, 0.25) is 0 Å². The summed E-state index contributed by atoms with van der Waals surface area (Å²) in [5.74, 6) is 0.650. The highest BCUT2D eigenvalue weighted by Gasteiger charge is 2.10. The summed E-state index contributed by atoms with van der Waals surface area (Å²) < 4.78 is 14.9. The molecule has 0 saturated carbocycles. The van der Waals surface area contributed by atoms with Crippen LogP contribution in [0.3, 0.4) is 0 Å². The van der Waals surface area contributed by atoms with Gasteiger partial charge in [0.25, 0.3) is 5.91 Å². The molecule has 148 valence electrons. The Morgan fingerprint density at radius 3 is 2.79 bits per heavy atom. The molecule has 3 rings (SSSR count). The number of methoxy groups -OCH3 is 1. The number of carbonyl (C=O) groups excluding carboxylic acids is 1. The summed E-state index contributed by atoms with van der Waals surface area (Å²) in [6.07, 6.45) is 0.258. The third kappa shape index (κ3) is 4.90. The average Bonchev–Trinajstić information content (AvgIpc) is 2.98. The van der Waals surface area contributed by atoms with Crippen molar-refractivity contribution < 1.29 is 14.3 Å². The van der Waals surface area contributed by atoms with E-state index in [1.54, 1.807) is 7.11 Å². The summed E-state index contributed by atoms with van der Waals surface area (Å²) in [5.41, 5.74) is 2.99. The predicted octanol–water partition coefficient (Wildman–Crippen LogP) is 4.49. The summed E-state index contributed by atoms with van der Waals surface area (Å²) >= 11 is 5.02.